The summed E-state index contributed by atoms with van der Waals surface area (Å²) in [5.74, 6) is 3.56. The van der Waals surface area contributed by atoms with Crippen LogP contribution in [0.15, 0.2) is 165 Å². The Morgan fingerprint density at radius 2 is 1.06 bits per heavy atom. The van der Waals surface area contributed by atoms with Crippen LogP contribution in [0.1, 0.15) is 77.5 Å². The SMILES string of the molecule is CC(=O)c1cccc(-n2cnc(N)c2)c1.CC(=O)c1cccc(-n2cnc(Nc3nc(Cl)nn4cccc34)c2)c1.CC(=O)c1cccc(-n2cnc(Nc3nc(N4CCC[C@H]4CO)nn4cccc34)c2)c1.Clc1nc(Cl)c2cccn2n1.OC[C@@H]1CCCN1. The minimum atomic E-state index is 0.0200. The summed E-state index contributed by atoms with van der Waals surface area (Å²) in [4.78, 5) is 61.9. The van der Waals surface area contributed by atoms with E-state index >= 15 is 0 Å². The molecule has 7 N–H and O–H groups in total. The summed E-state index contributed by atoms with van der Waals surface area (Å²) in [6.07, 6.45) is 20.1. The lowest BCUT2D eigenvalue weighted by Crippen LogP contribution is -2.34. The number of aliphatic hydroxyl groups excluding tert-OH is 2. The van der Waals surface area contributed by atoms with Crippen molar-refractivity contribution < 1.29 is 24.6 Å². The number of carbonyl (C=O) groups is 3. The van der Waals surface area contributed by atoms with Crippen LogP contribution in [0, 0.1) is 0 Å². The number of nitrogen functional groups attached to an aromatic ring is 1. The molecular formula is C61H61Cl3N20O5. The van der Waals surface area contributed by atoms with Gasteiger partial charge in [0.25, 0.3) is 0 Å². The molecule has 2 atom stereocenters. The monoisotopic (exact) mass is 1260 g/mol. The molecule has 0 aliphatic carbocycles. The van der Waals surface area contributed by atoms with Gasteiger partial charge in [0.15, 0.2) is 34.1 Å². The highest BCUT2D eigenvalue weighted by Crippen LogP contribution is 2.28. The average Bonchev–Trinajstić information content (AvgIpc) is 2.24. The molecule has 3 aromatic carbocycles. The van der Waals surface area contributed by atoms with E-state index in [1.807, 2.05) is 119 Å². The highest BCUT2D eigenvalue weighted by molar-refractivity contribution is 6.34. The molecular weight excluding hydrogens is 1200 g/mol. The molecule has 0 saturated carbocycles. The van der Waals surface area contributed by atoms with Gasteiger partial charge in [-0.1, -0.05) is 48.0 Å². The molecule has 456 valence electrons. The molecule has 2 aliphatic heterocycles. The van der Waals surface area contributed by atoms with Crippen molar-refractivity contribution in [2.45, 2.75) is 58.5 Å². The number of Topliss-reactive ketones (excluding diaryl/α,β-unsaturated/α-hetero) is 3. The fourth-order valence-corrected chi connectivity index (χ4v) is 10.3. The molecule has 0 amide bonds. The maximum Gasteiger partial charge on any atom is 0.245 e. The van der Waals surface area contributed by atoms with Gasteiger partial charge in [-0.15, -0.1) is 15.3 Å². The Balaban J connectivity index is 0.000000133. The summed E-state index contributed by atoms with van der Waals surface area (Å²) in [6, 6.07) is 33.8. The zero-order valence-corrected chi connectivity index (χ0v) is 50.7. The van der Waals surface area contributed by atoms with Crippen LogP contribution in [0.4, 0.5) is 35.0 Å². The molecule has 2 aliphatic rings. The molecule has 11 heterocycles. The molecule has 12 aromatic rings. The fourth-order valence-electron chi connectivity index (χ4n) is 9.65. The maximum atomic E-state index is 11.7. The summed E-state index contributed by atoms with van der Waals surface area (Å²) in [5.41, 5.74) is 12.5. The van der Waals surface area contributed by atoms with E-state index in [1.165, 1.54) is 6.42 Å². The predicted molar refractivity (Wildman–Crippen MR) is 341 cm³/mol. The first kappa shape index (κ1) is 62.2. The number of aliphatic hydroxyl groups is 2. The van der Waals surface area contributed by atoms with Crippen molar-refractivity contribution in [2.24, 2.45) is 0 Å². The molecule has 25 nitrogen and oxygen atoms in total. The van der Waals surface area contributed by atoms with E-state index in [0.717, 1.165) is 66.0 Å². The Morgan fingerprint density at radius 3 is 1.53 bits per heavy atom. The van der Waals surface area contributed by atoms with Crippen LogP contribution >= 0.6 is 34.8 Å². The summed E-state index contributed by atoms with van der Waals surface area (Å²) in [6.45, 7) is 6.93. The van der Waals surface area contributed by atoms with E-state index < -0.39 is 0 Å². The predicted octanol–water partition coefficient (Wildman–Crippen LogP) is 9.76. The van der Waals surface area contributed by atoms with E-state index in [9.17, 15) is 19.5 Å². The number of ketones is 3. The number of hydrogen-bond donors (Lipinski definition) is 6. The molecule has 89 heavy (non-hydrogen) atoms. The molecule has 9 aromatic heterocycles. The van der Waals surface area contributed by atoms with Crippen molar-refractivity contribution >= 4 is 104 Å². The number of halogens is 3. The van der Waals surface area contributed by atoms with Crippen molar-refractivity contribution in [3.05, 3.63) is 198 Å². The number of hydrogen-bond acceptors (Lipinski definition) is 19. The quantitative estimate of drug-likeness (QED) is 0.0585. The normalized spacial score (nSPS) is 14.2. The summed E-state index contributed by atoms with van der Waals surface area (Å²) >= 11 is 17.3. The molecule has 14 rings (SSSR count). The number of nitrogens with zero attached hydrogens (tertiary/aromatic N) is 16. The van der Waals surface area contributed by atoms with E-state index in [-0.39, 0.29) is 40.6 Å². The fraction of sp³-hybridized carbons (Fsp3) is 0.213. The van der Waals surface area contributed by atoms with Gasteiger partial charge in [0.1, 0.15) is 53.0 Å². The van der Waals surface area contributed by atoms with Crippen molar-refractivity contribution in [3.8, 4) is 17.1 Å². The third kappa shape index (κ3) is 15.6. The third-order valence-corrected chi connectivity index (χ3v) is 14.8. The van der Waals surface area contributed by atoms with Gasteiger partial charge >= 0.3 is 0 Å². The van der Waals surface area contributed by atoms with E-state index in [4.69, 9.17) is 50.6 Å². The van der Waals surface area contributed by atoms with Crippen LogP contribution < -0.4 is 26.6 Å². The number of nitrogens with one attached hydrogen (secondary N) is 3. The molecule has 2 fully saturated rings. The second-order valence-electron chi connectivity index (χ2n) is 20.4. The van der Waals surface area contributed by atoms with E-state index in [1.54, 1.807) is 94.7 Å². The lowest BCUT2D eigenvalue weighted by Gasteiger charge is -2.23. The number of carbonyl (C=O) groups excluding carboxylic acids is 3. The van der Waals surface area contributed by atoms with Crippen molar-refractivity contribution in [1.82, 2.24) is 77.8 Å². The number of fused-ring (bicyclic) bond motifs is 3. The van der Waals surface area contributed by atoms with Gasteiger partial charge in [-0.25, -0.2) is 33.5 Å². The zero-order chi connectivity index (χ0) is 62.6. The topological polar surface area (TPSA) is 301 Å². The number of rotatable bonds is 13. The summed E-state index contributed by atoms with van der Waals surface area (Å²) < 4.78 is 10.5. The van der Waals surface area contributed by atoms with Gasteiger partial charge in [0, 0.05) is 64.9 Å². The van der Waals surface area contributed by atoms with Gasteiger partial charge < -0.3 is 50.5 Å². The smallest absolute Gasteiger partial charge is 0.245 e. The molecule has 0 radical (unpaired) electrons. The van der Waals surface area contributed by atoms with Crippen LogP contribution in [-0.4, -0.2) is 138 Å². The Labute approximate surface area is 524 Å². The lowest BCUT2D eigenvalue weighted by atomic mass is 10.1. The van der Waals surface area contributed by atoms with Crippen LogP contribution in [0.5, 0.6) is 0 Å². The lowest BCUT2D eigenvalue weighted by molar-refractivity contribution is 0.100. The van der Waals surface area contributed by atoms with E-state index in [2.05, 4.69) is 61.1 Å². The summed E-state index contributed by atoms with van der Waals surface area (Å²) in [5, 5.41) is 41.0. The third-order valence-electron chi connectivity index (χ3n) is 14.2. The van der Waals surface area contributed by atoms with Crippen LogP contribution in [-0.2, 0) is 0 Å². The Kier molecular flexibility index (Phi) is 20.1. The first-order valence-corrected chi connectivity index (χ1v) is 29.2. The zero-order valence-electron chi connectivity index (χ0n) is 48.4. The number of nitrogens with two attached hydrogens (primary N) is 1. The number of aromatic nitrogens is 15. The molecule has 2 saturated heterocycles. The second-order valence-corrected chi connectivity index (χ2v) is 21.5. The maximum absolute atomic E-state index is 11.7. The van der Waals surface area contributed by atoms with Gasteiger partial charge in [0.2, 0.25) is 16.5 Å². The van der Waals surface area contributed by atoms with E-state index in [0.29, 0.717) is 69.5 Å². The Hall–Kier alpha value is -9.89. The van der Waals surface area contributed by atoms with Gasteiger partial charge in [-0.3, -0.25) is 14.4 Å². The Morgan fingerprint density at radius 1 is 0.573 bits per heavy atom. The highest BCUT2D eigenvalue weighted by Gasteiger charge is 2.27. The van der Waals surface area contributed by atoms with Crippen molar-refractivity contribution in [2.75, 3.05) is 47.6 Å². The first-order valence-electron chi connectivity index (χ1n) is 28.1. The van der Waals surface area contributed by atoms with Crippen molar-refractivity contribution in [1.29, 1.82) is 0 Å². The van der Waals surface area contributed by atoms with Gasteiger partial charge in [-0.2, -0.15) is 9.97 Å². The first-order chi connectivity index (χ1) is 43.1. The Bertz CT molecular complexity index is 4410. The number of imidazole rings is 3. The molecule has 0 spiro atoms. The molecule has 0 bridgehead atoms. The van der Waals surface area contributed by atoms with Crippen LogP contribution in [0.3, 0.4) is 0 Å². The minimum absolute atomic E-state index is 0.0200. The second kappa shape index (κ2) is 28.7. The minimum Gasteiger partial charge on any atom is -0.395 e. The largest absolute Gasteiger partial charge is 0.395 e. The van der Waals surface area contributed by atoms with Crippen molar-refractivity contribution in [3.63, 3.8) is 0 Å². The van der Waals surface area contributed by atoms with Gasteiger partial charge in [-0.05, 0) is 149 Å². The van der Waals surface area contributed by atoms with Gasteiger partial charge in [0.05, 0.1) is 37.8 Å². The van der Waals surface area contributed by atoms with Crippen LogP contribution in [0.2, 0.25) is 15.7 Å². The highest BCUT2D eigenvalue weighted by atomic mass is 35.5. The summed E-state index contributed by atoms with van der Waals surface area (Å²) in [7, 11) is 0. The van der Waals surface area contributed by atoms with Crippen LogP contribution in [0.25, 0.3) is 33.6 Å². The molecule has 28 heteroatoms. The number of benzene rings is 3. The number of anilines is 6. The molecule has 0 unspecified atom stereocenters. The standard InChI is InChI=1S/C22H23N7O2.C17H13ClN6O.C11H11N3O.C6H3Cl2N3.C5H11NO/c1-15(31)16-5-2-6-17(11-16)27-12-20(23-14-27)24-21-19-8-4-10-29(19)26-22(25-21)28-9-3-7-18(28)13-30;1-11(25)12-4-2-5-13(8-12)23-9-15(19-10-23)20-16-14-6-3-7-24(14)22-17(18)21-16;1-8(15)9-3-2-4-10(5-9)14-6-11(12)13-7-14;7-5-4-2-1-3-11(4)10-6(8)9-5;7-4-5-2-1-3-6-5/h2,4-6,8,10-12,14,18,30H,3,7,9,13H2,1H3,(H,24,25,26);2-10H,1H3,(H,20,21,22);2-7H,12H2,1H3;1-3H;5-7H,1-4H2/t18-;;;;5-/m0...0/s1. The average molecular weight is 1260 g/mol.